The van der Waals surface area contributed by atoms with Crippen molar-refractivity contribution in [3.05, 3.63) is 59.3 Å². The Morgan fingerprint density at radius 1 is 1.19 bits per heavy atom. The molecule has 5 heteroatoms. The Morgan fingerprint density at radius 3 is 2.76 bits per heavy atom. The zero-order chi connectivity index (χ0) is 15.1. The predicted octanol–water partition coefficient (Wildman–Crippen LogP) is 2.17. The summed E-state index contributed by atoms with van der Waals surface area (Å²) < 4.78 is 9.86. The van der Waals surface area contributed by atoms with Crippen LogP contribution in [0.4, 0.5) is 0 Å². The summed E-state index contributed by atoms with van der Waals surface area (Å²) in [6, 6.07) is 11.2. The van der Waals surface area contributed by atoms with Gasteiger partial charge in [-0.05, 0) is 23.3 Å². The van der Waals surface area contributed by atoms with Crippen LogP contribution in [0, 0.1) is 0 Å². The van der Waals surface area contributed by atoms with Crippen molar-refractivity contribution in [2.75, 3.05) is 14.2 Å². The molecule has 110 valence electrons. The van der Waals surface area contributed by atoms with Crippen molar-refractivity contribution in [3.8, 4) is 5.88 Å². The Labute approximate surface area is 123 Å². The number of carbonyl (C=O) groups is 1. The number of methoxy groups -OCH3 is 2. The molecule has 0 aliphatic rings. The zero-order valence-corrected chi connectivity index (χ0v) is 12.1. The Hall–Kier alpha value is -2.40. The smallest absolute Gasteiger partial charge is 0.338 e. The highest BCUT2D eigenvalue weighted by molar-refractivity contribution is 5.90. The molecule has 0 fully saturated rings. The van der Waals surface area contributed by atoms with Crippen LogP contribution in [0.5, 0.6) is 5.88 Å². The fourth-order valence-electron chi connectivity index (χ4n) is 2.00. The van der Waals surface area contributed by atoms with Crippen molar-refractivity contribution in [3.63, 3.8) is 0 Å². The lowest BCUT2D eigenvalue weighted by molar-refractivity contribution is 0.0599. The second-order valence-electron chi connectivity index (χ2n) is 4.46. The normalized spacial score (nSPS) is 10.2. The van der Waals surface area contributed by atoms with E-state index >= 15 is 0 Å². The minimum Gasteiger partial charge on any atom is -0.481 e. The number of esters is 1. The number of nitrogens with one attached hydrogen (secondary N) is 1. The van der Waals surface area contributed by atoms with Crippen LogP contribution in [0.1, 0.15) is 21.5 Å². The average Bonchev–Trinajstić information content (AvgIpc) is 2.55. The molecule has 1 heterocycles. The number of rotatable bonds is 6. The van der Waals surface area contributed by atoms with Gasteiger partial charge in [0.05, 0.1) is 19.8 Å². The van der Waals surface area contributed by atoms with Crippen LogP contribution < -0.4 is 10.1 Å². The molecule has 0 atom stereocenters. The van der Waals surface area contributed by atoms with Crippen molar-refractivity contribution >= 4 is 5.97 Å². The predicted molar refractivity (Wildman–Crippen MR) is 79.1 cm³/mol. The maximum atomic E-state index is 11.7. The number of pyridine rings is 1. The monoisotopic (exact) mass is 286 g/mol. The first-order valence-electron chi connectivity index (χ1n) is 6.60. The summed E-state index contributed by atoms with van der Waals surface area (Å²) in [7, 11) is 2.97. The van der Waals surface area contributed by atoms with E-state index in [2.05, 4.69) is 10.3 Å². The van der Waals surface area contributed by atoms with E-state index in [0.29, 0.717) is 24.5 Å². The lowest BCUT2D eigenvalue weighted by atomic mass is 10.1. The molecule has 1 N–H and O–H groups in total. The van der Waals surface area contributed by atoms with E-state index in [4.69, 9.17) is 9.47 Å². The van der Waals surface area contributed by atoms with Crippen LogP contribution in [0.25, 0.3) is 0 Å². The molecule has 21 heavy (non-hydrogen) atoms. The van der Waals surface area contributed by atoms with Gasteiger partial charge in [0.1, 0.15) is 0 Å². The average molecular weight is 286 g/mol. The number of ether oxygens (including phenoxy) is 2. The third kappa shape index (κ3) is 4.03. The molecule has 2 rings (SSSR count). The summed E-state index contributed by atoms with van der Waals surface area (Å²) in [5, 5.41) is 3.30. The lowest BCUT2D eigenvalue weighted by Gasteiger charge is -2.09. The van der Waals surface area contributed by atoms with Crippen molar-refractivity contribution in [2.24, 2.45) is 0 Å². The van der Waals surface area contributed by atoms with E-state index in [1.807, 2.05) is 30.3 Å². The van der Waals surface area contributed by atoms with Crippen LogP contribution in [-0.2, 0) is 17.8 Å². The Morgan fingerprint density at radius 2 is 2.00 bits per heavy atom. The van der Waals surface area contributed by atoms with Gasteiger partial charge in [0, 0.05) is 25.4 Å². The SMILES string of the molecule is COC(=O)c1ccccc1CNCc1ccnc(OC)c1. The molecule has 0 radical (unpaired) electrons. The van der Waals surface area contributed by atoms with Crippen LogP contribution in [0.2, 0.25) is 0 Å². The Bertz CT molecular complexity index is 614. The zero-order valence-electron chi connectivity index (χ0n) is 12.1. The van der Waals surface area contributed by atoms with Gasteiger partial charge in [0.15, 0.2) is 0 Å². The highest BCUT2D eigenvalue weighted by Crippen LogP contribution is 2.11. The summed E-state index contributed by atoms with van der Waals surface area (Å²) in [6.45, 7) is 1.24. The van der Waals surface area contributed by atoms with E-state index in [9.17, 15) is 4.79 Å². The van der Waals surface area contributed by atoms with Crippen LogP contribution >= 0.6 is 0 Å². The first-order chi connectivity index (χ1) is 10.2. The molecule has 0 saturated heterocycles. The Balaban J connectivity index is 1.99. The summed E-state index contributed by atoms with van der Waals surface area (Å²) in [5.74, 6) is 0.266. The second-order valence-corrected chi connectivity index (χ2v) is 4.46. The van der Waals surface area contributed by atoms with E-state index in [1.165, 1.54) is 7.11 Å². The first kappa shape index (κ1) is 15.0. The summed E-state index contributed by atoms with van der Waals surface area (Å²) in [4.78, 5) is 15.7. The fraction of sp³-hybridized carbons (Fsp3) is 0.250. The molecular formula is C16H18N2O3. The fourth-order valence-corrected chi connectivity index (χ4v) is 2.00. The highest BCUT2D eigenvalue weighted by Gasteiger charge is 2.10. The molecule has 1 aromatic heterocycles. The number of aromatic nitrogens is 1. The summed E-state index contributed by atoms with van der Waals surface area (Å²) in [5.41, 5.74) is 2.56. The summed E-state index contributed by atoms with van der Waals surface area (Å²) in [6.07, 6.45) is 1.71. The van der Waals surface area contributed by atoms with Gasteiger partial charge in [-0.25, -0.2) is 9.78 Å². The molecule has 5 nitrogen and oxygen atoms in total. The highest BCUT2D eigenvalue weighted by atomic mass is 16.5. The molecule has 0 unspecified atom stereocenters. The van der Waals surface area contributed by atoms with E-state index in [-0.39, 0.29) is 5.97 Å². The molecule has 0 bridgehead atoms. The topological polar surface area (TPSA) is 60.5 Å². The van der Waals surface area contributed by atoms with Gasteiger partial charge >= 0.3 is 5.97 Å². The van der Waals surface area contributed by atoms with Crippen molar-refractivity contribution < 1.29 is 14.3 Å². The molecule has 0 spiro atoms. The molecular weight excluding hydrogens is 268 g/mol. The quantitative estimate of drug-likeness (QED) is 0.825. The van der Waals surface area contributed by atoms with Crippen molar-refractivity contribution in [1.82, 2.24) is 10.3 Å². The van der Waals surface area contributed by atoms with Crippen LogP contribution in [0.3, 0.4) is 0 Å². The van der Waals surface area contributed by atoms with Crippen LogP contribution in [-0.4, -0.2) is 25.2 Å². The summed E-state index contributed by atoms with van der Waals surface area (Å²) >= 11 is 0. The van der Waals surface area contributed by atoms with Gasteiger partial charge in [-0.2, -0.15) is 0 Å². The molecule has 1 aromatic carbocycles. The number of hydrogen-bond acceptors (Lipinski definition) is 5. The maximum absolute atomic E-state index is 11.7. The van der Waals surface area contributed by atoms with Gasteiger partial charge in [-0.15, -0.1) is 0 Å². The number of carbonyl (C=O) groups excluding carboxylic acids is 1. The minimum atomic E-state index is -0.321. The van der Waals surface area contributed by atoms with Crippen molar-refractivity contribution in [1.29, 1.82) is 0 Å². The standard InChI is InChI=1S/C16H18N2O3/c1-20-15-9-12(7-8-18-15)10-17-11-13-5-3-4-6-14(13)16(19)21-2/h3-9,17H,10-11H2,1-2H3. The number of benzene rings is 1. The third-order valence-electron chi connectivity index (χ3n) is 3.08. The van der Waals surface area contributed by atoms with E-state index in [1.54, 1.807) is 19.4 Å². The largest absolute Gasteiger partial charge is 0.481 e. The third-order valence-corrected chi connectivity index (χ3v) is 3.08. The molecule has 0 saturated carbocycles. The van der Waals surface area contributed by atoms with Crippen molar-refractivity contribution in [2.45, 2.75) is 13.1 Å². The van der Waals surface area contributed by atoms with Gasteiger partial charge in [-0.1, -0.05) is 18.2 Å². The lowest BCUT2D eigenvalue weighted by Crippen LogP contribution is -2.16. The minimum absolute atomic E-state index is 0.321. The maximum Gasteiger partial charge on any atom is 0.338 e. The van der Waals surface area contributed by atoms with Gasteiger partial charge in [0.2, 0.25) is 5.88 Å². The molecule has 0 aliphatic carbocycles. The molecule has 0 aliphatic heterocycles. The van der Waals surface area contributed by atoms with Gasteiger partial charge in [0.25, 0.3) is 0 Å². The molecule has 0 amide bonds. The van der Waals surface area contributed by atoms with E-state index < -0.39 is 0 Å². The first-order valence-corrected chi connectivity index (χ1v) is 6.60. The van der Waals surface area contributed by atoms with Gasteiger partial charge < -0.3 is 14.8 Å². The Kier molecular flexibility index (Phi) is 5.29. The van der Waals surface area contributed by atoms with E-state index in [0.717, 1.165) is 11.1 Å². The second kappa shape index (κ2) is 7.40. The molecule has 2 aromatic rings. The number of hydrogen-bond donors (Lipinski definition) is 1. The van der Waals surface area contributed by atoms with Crippen LogP contribution in [0.15, 0.2) is 42.6 Å². The van der Waals surface area contributed by atoms with Gasteiger partial charge in [-0.3, -0.25) is 0 Å². The number of nitrogens with zero attached hydrogens (tertiary/aromatic N) is 1.